The molecule has 1 saturated heterocycles. The zero-order valence-corrected chi connectivity index (χ0v) is 20.8. The van der Waals surface area contributed by atoms with E-state index in [1.807, 2.05) is 23.1 Å². The third-order valence-corrected chi connectivity index (χ3v) is 8.25. The SMILES string of the molecule is COc1ccc2c3c([nH]c2c1)[C@H](CO)N(C(=O)C1CC1)CC31CCN(C(=O)Nc2ccccc2F)CC1. The number of carbonyl (C=O) groups excluding carboxylic acids is 2. The zero-order chi connectivity index (χ0) is 25.7. The highest BCUT2D eigenvalue weighted by atomic mass is 19.1. The first-order valence-corrected chi connectivity index (χ1v) is 12.9. The van der Waals surface area contributed by atoms with Crippen molar-refractivity contribution in [3.8, 4) is 5.75 Å². The summed E-state index contributed by atoms with van der Waals surface area (Å²) in [5, 5.41) is 14.2. The molecule has 2 aromatic carbocycles. The Bertz CT molecular complexity index is 1360. The van der Waals surface area contributed by atoms with Crippen molar-refractivity contribution < 1.29 is 23.8 Å². The van der Waals surface area contributed by atoms with E-state index in [0.717, 1.165) is 40.8 Å². The van der Waals surface area contributed by atoms with Gasteiger partial charge in [-0.2, -0.15) is 0 Å². The molecule has 0 unspecified atom stereocenters. The maximum Gasteiger partial charge on any atom is 0.321 e. The molecule has 3 amide bonds. The predicted octanol–water partition coefficient (Wildman–Crippen LogP) is 4.17. The monoisotopic (exact) mass is 506 g/mol. The molecule has 6 rings (SSSR count). The van der Waals surface area contributed by atoms with E-state index < -0.39 is 11.9 Å². The summed E-state index contributed by atoms with van der Waals surface area (Å²) < 4.78 is 19.5. The largest absolute Gasteiger partial charge is 0.497 e. The second-order valence-electron chi connectivity index (χ2n) is 10.4. The van der Waals surface area contributed by atoms with Crippen LogP contribution < -0.4 is 10.1 Å². The molecule has 37 heavy (non-hydrogen) atoms. The number of H-pyrrole nitrogens is 1. The highest BCUT2D eigenvalue weighted by molar-refractivity contribution is 5.91. The number of fused-ring (bicyclic) bond motifs is 4. The van der Waals surface area contributed by atoms with Gasteiger partial charge in [0.05, 0.1) is 25.4 Å². The van der Waals surface area contributed by atoms with Crippen molar-refractivity contribution in [3.63, 3.8) is 0 Å². The molecule has 3 heterocycles. The fourth-order valence-corrected chi connectivity index (χ4v) is 6.11. The number of amides is 3. The summed E-state index contributed by atoms with van der Waals surface area (Å²) in [6.07, 6.45) is 3.08. The maximum atomic E-state index is 14.1. The number of urea groups is 1. The van der Waals surface area contributed by atoms with E-state index >= 15 is 0 Å². The summed E-state index contributed by atoms with van der Waals surface area (Å²) in [5.74, 6) is 0.384. The number of aliphatic hydroxyl groups is 1. The third-order valence-electron chi connectivity index (χ3n) is 8.25. The van der Waals surface area contributed by atoms with Crippen LogP contribution in [0.3, 0.4) is 0 Å². The molecule has 1 spiro atoms. The lowest BCUT2D eigenvalue weighted by atomic mass is 9.68. The number of hydrogen-bond acceptors (Lipinski definition) is 4. The smallest absolute Gasteiger partial charge is 0.321 e. The number of hydrogen-bond donors (Lipinski definition) is 3. The summed E-state index contributed by atoms with van der Waals surface area (Å²) >= 11 is 0. The Morgan fingerprint density at radius 3 is 2.62 bits per heavy atom. The Kier molecular flexibility index (Phi) is 5.82. The lowest BCUT2D eigenvalue weighted by Crippen LogP contribution is -2.56. The number of para-hydroxylation sites is 1. The first-order valence-electron chi connectivity index (χ1n) is 12.9. The Hall–Kier alpha value is -3.59. The van der Waals surface area contributed by atoms with Crippen LogP contribution in [0.4, 0.5) is 14.9 Å². The van der Waals surface area contributed by atoms with Gasteiger partial charge in [0.2, 0.25) is 5.91 Å². The summed E-state index contributed by atoms with van der Waals surface area (Å²) in [7, 11) is 1.63. The molecular formula is C28H31FN4O4. The average Bonchev–Trinajstić information content (AvgIpc) is 3.69. The topological polar surface area (TPSA) is 97.9 Å². The number of aromatic nitrogens is 1. The van der Waals surface area contributed by atoms with Gasteiger partial charge in [-0.3, -0.25) is 4.79 Å². The molecule has 1 aromatic heterocycles. The number of likely N-dealkylation sites (tertiary alicyclic amines) is 1. The van der Waals surface area contributed by atoms with Crippen molar-refractivity contribution >= 4 is 28.5 Å². The third kappa shape index (κ3) is 4.01. The van der Waals surface area contributed by atoms with E-state index in [1.165, 1.54) is 6.07 Å². The molecule has 194 valence electrons. The number of rotatable bonds is 4. The maximum absolute atomic E-state index is 14.1. The second-order valence-corrected chi connectivity index (χ2v) is 10.4. The highest BCUT2D eigenvalue weighted by Gasteiger charge is 2.50. The van der Waals surface area contributed by atoms with Crippen LogP contribution in [0.25, 0.3) is 10.9 Å². The van der Waals surface area contributed by atoms with Crippen molar-refractivity contribution in [2.75, 3.05) is 38.7 Å². The van der Waals surface area contributed by atoms with E-state index in [9.17, 15) is 19.1 Å². The molecule has 1 atom stereocenters. The van der Waals surface area contributed by atoms with Crippen molar-refractivity contribution in [1.82, 2.24) is 14.8 Å². The minimum Gasteiger partial charge on any atom is -0.497 e. The number of nitrogens with zero attached hydrogens (tertiary/aromatic N) is 2. The van der Waals surface area contributed by atoms with Crippen molar-refractivity contribution in [3.05, 3.63) is 59.5 Å². The van der Waals surface area contributed by atoms with Gasteiger partial charge in [0.1, 0.15) is 11.6 Å². The molecule has 3 aliphatic rings. The number of ether oxygens (including phenoxy) is 1. The Labute approximate surface area is 214 Å². The van der Waals surface area contributed by atoms with Gasteiger partial charge < -0.3 is 29.9 Å². The molecule has 0 bridgehead atoms. The number of aliphatic hydroxyl groups excluding tert-OH is 1. The number of aromatic amines is 1. The van der Waals surface area contributed by atoms with E-state index in [0.29, 0.717) is 32.5 Å². The molecule has 8 nitrogen and oxygen atoms in total. The van der Waals surface area contributed by atoms with E-state index in [4.69, 9.17) is 4.74 Å². The number of methoxy groups -OCH3 is 1. The lowest BCUT2D eigenvalue weighted by molar-refractivity contribution is -0.138. The second kappa shape index (κ2) is 9.06. The van der Waals surface area contributed by atoms with Gasteiger partial charge in [0.25, 0.3) is 0 Å². The molecule has 3 N–H and O–H groups in total. The number of carbonyl (C=O) groups is 2. The van der Waals surface area contributed by atoms with Crippen LogP contribution >= 0.6 is 0 Å². The Balaban J connectivity index is 1.34. The molecule has 1 aliphatic carbocycles. The fourth-order valence-electron chi connectivity index (χ4n) is 6.11. The van der Waals surface area contributed by atoms with Gasteiger partial charge >= 0.3 is 6.03 Å². The van der Waals surface area contributed by atoms with Gasteiger partial charge in [0, 0.05) is 53.6 Å². The van der Waals surface area contributed by atoms with Crippen molar-refractivity contribution in [2.24, 2.45) is 5.92 Å². The zero-order valence-electron chi connectivity index (χ0n) is 20.8. The molecule has 2 aliphatic heterocycles. The number of nitrogens with one attached hydrogen (secondary N) is 2. The average molecular weight is 507 g/mol. The number of piperidine rings is 1. The van der Waals surface area contributed by atoms with Crippen molar-refractivity contribution in [1.29, 1.82) is 0 Å². The van der Waals surface area contributed by atoms with Crippen molar-refractivity contribution in [2.45, 2.75) is 37.1 Å². The van der Waals surface area contributed by atoms with Crippen LogP contribution in [-0.4, -0.2) is 65.2 Å². The molecule has 0 radical (unpaired) electrons. The number of halogens is 1. The van der Waals surface area contributed by atoms with Gasteiger partial charge in [-0.1, -0.05) is 12.1 Å². The summed E-state index contributed by atoms with van der Waals surface area (Å²) in [6, 6.07) is 11.3. The summed E-state index contributed by atoms with van der Waals surface area (Å²) in [4.78, 5) is 33.4. The number of anilines is 1. The molecular weight excluding hydrogens is 475 g/mol. The summed E-state index contributed by atoms with van der Waals surface area (Å²) in [5.41, 5.74) is 2.69. The van der Waals surface area contributed by atoms with Gasteiger partial charge in [0.15, 0.2) is 0 Å². The highest BCUT2D eigenvalue weighted by Crippen LogP contribution is 2.50. The first kappa shape index (κ1) is 23.8. The first-order chi connectivity index (χ1) is 17.9. The van der Waals surface area contributed by atoms with Crippen LogP contribution in [0.2, 0.25) is 0 Å². The van der Waals surface area contributed by atoms with E-state index in [2.05, 4.69) is 10.3 Å². The molecule has 3 aromatic rings. The quantitative estimate of drug-likeness (QED) is 0.495. The van der Waals surface area contributed by atoms with Crippen LogP contribution in [0.1, 0.15) is 43.0 Å². The predicted molar refractivity (Wildman–Crippen MR) is 137 cm³/mol. The van der Waals surface area contributed by atoms with Gasteiger partial charge in [-0.15, -0.1) is 0 Å². The minimum atomic E-state index is -0.472. The number of benzene rings is 2. The van der Waals surface area contributed by atoms with Crippen LogP contribution in [0.5, 0.6) is 5.75 Å². The van der Waals surface area contributed by atoms with Gasteiger partial charge in [-0.05, 0) is 55.5 Å². The van der Waals surface area contributed by atoms with Crippen LogP contribution in [-0.2, 0) is 10.2 Å². The normalized spacial score (nSPS) is 20.7. The standard InChI is InChI=1S/C28H31FN4O4/c1-37-18-8-9-19-22(14-18)30-25-23(15-34)33(26(35)17-6-7-17)16-28(24(19)25)10-12-32(13-11-28)27(36)31-21-5-3-2-4-20(21)29/h2-5,8-9,14,17,23,30,34H,6-7,10-13,15-16H2,1H3,(H,31,36)/t23-/m0/s1. The van der Waals surface area contributed by atoms with Gasteiger partial charge in [-0.25, -0.2) is 9.18 Å². The Morgan fingerprint density at radius 2 is 1.95 bits per heavy atom. The van der Waals surface area contributed by atoms with Crippen LogP contribution in [0, 0.1) is 11.7 Å². The Morgan fingerprint density at radius 1 is 1.19 bits per heavy atom. The van der Waals surface area contributed by atoms with E-state index in [-0.39, 0.29) is 35.6 Å². The molecule has 9 heteroatoms. The molecule has 2 fully saturated rings. The summed E-state index contributed by atoms with van der Waals surface area (Å²) in [6.45, 7) is 1.28. The molecule has 1 saturated carbocycles. The minimum absolute atomic E-state index is 0.0313. The van der Waals surface area contributed by atoms with Crippen LogP contribution in [0.15, 0.2) is 42.5 Å². The lowest BCUT2D eigenvalue weighted by Gasteiger charge is -2.50. The fraction of sp³-hybridized carbons (Fsp3) is 0.429. The van der Waals surface area contributed by atoms with E-state index in [1.54, 1.807) is 30.2 Å².